The van der Waals surface area contributed by atoms with Crippen LogP contribution in [0.4, 0.5) is 0 Å². The Kier molecular flexibility index (Phi) is 8.49. The highest BCUT2D eigenvalue weighted by Gasteiger charge is 2.22. The van der Waals surface area contributed by atoms with Crippen LogP contribution in [0.15, 0.2) is 77.6 Å². The average Bonchev–Trinajstić information content (AvgIpc) is 2.84. The number of carbonyl (C=O) groups excluding carboxylic acids is 1. The molecule has 190 valence electrons. The zero-order valence-electron chi connectivity index (χ0n) is 19.0. The number of halogens is 1. The van der Waals surface area contributed by atoms with E-state index in [-0.39, 0.29) is 23.3 Å². The largest absolute Gasteiger partial charge is 0.508 e. The van der Waals surface area contributed by atoms with Gasteiger partial charge < -0.3 is 30.7 Å². The van der Waals surface area contributed by atoms with Crippen molar-refractivity contribution in [3.8, 4) is 11.5 Å². The van der Waals surface area contributed by atoms with Crippen molar-refractivity contribution in [2.75, 3.05) is 0 Å². The monoisotopic (exact) mass is 524 g/mol. The number of benzene rings is 3. The SMILES string of the molecule is O=C(NC(Cc1cc(=O)[nH]c2ccccc12)C(=O)O)c1ccc(Cl)cc1.O=C(O)c1ccc(O)cc1O. The van der Waals surface area contributed by atoms with E-state index in [0.717, 1.165) is 17.5 Å². The second-order valence-electron chi connectivity index (χ2n) is 7.79. The number of aliphatic carboxylic acids is 1. The van der Waals surface area contributed by atoms with Gasteiger partial charge in [-0.2, -0.15) is 0 Å². The molecule has 0 radical (unpaired) electrons. The van der Waals surface area contributed by atoms with Gasteiger partial charge in [-0.25, -0.2) is 9.59 Å². The van der Waals surface area contributed by atoms with Gasteiger partial charge in [0, 0.05) is 40.0 Å². The fourth-order valence-electron chi connectivity index (χ4n) is 3.41. The highest BCUT2D eigenvalue weighted by atomic mass is 35.5. The number of carbonyl (C=O) groups is 3. The molecule has 1 heterocycles. The molecule has 0 fully saturated rings. The van der Waals surface area contributed by atoms with E-state index in [1.165, 1.54) is 24.3 Å². The molecule has 4 aromatic rings. The van der Waals surface area contributed by atoms with Gasteiger partial charge in [0.2, 0.25) is 5.56 Å². The molecule has 0 bridgehead atoms. The van der Waals surface area contributed by atoms with Crippen LogP contribution in [0.25, 0.3) is 10.9 Å². The minimum Gasteiger partial charge on any atom is -0.508 e. The third kappa shape index (κ3) is 7.09. The molecule has 1 unspecified atom stereocenters. The first kappa shape index (κ1) is 26.8. The van der Waals surface area contributed by atoms with Crippen LogP contribution in [0, 0.1) is 0 Å². The lowest BCUT2D eigenvalue weighted by Gasteiger charge is -2.16. The predicted molar refractivity (Wildman–Crippen MR) is 135 cm³/mol. The maximum Gasteiger partial charge on any atom is 0.339 e. The molecule has 0 saturated heterocycles. The van der Waals surface area contributed by atoms with Crippen LogP contribution in [0.1, 0.15) is 26.3 Å². The molecule has 0 spiro atoms. The van der Waals surface area contributed by atoms with Crippen molar-refractivity contribution in [3.63, 3.8) is 0 Å². The van der Waals surface area contributed by atoms with E-state index in [9.17, 15) is 24.3 Å². The highest BCUT2D eigenvalue weighted by molar-refractivity contribution is 6.30. The van der Waals surface area contributed by atoms with Gasteiger partial charge in [-0.15, -0.1) is 0 Å². The van der Waals surface area contributed by atoms with E-state index in [2.05, 4.69) is 10.3 Å². The number of fused-ring (bicyclic) bond motifs is 1. The second kappa shape index (κ2) is 11.7. The summed E-state index contributed by atoms with van der Waals surface area (Å²) >= 11 is 5.79. The number of carboxylic acid groups (broad SMARTS) is 2. The molecule has 0 aliphatic rings. The zero-order chi connectivity index (χ0) is 27.1. The Morgan fingerprint density at radius 2 is 1.59 bits per heavy atom. The zero-order valence-corrected chi connectivity index (χ0v) is 19.8. The number of pyridine rings is 1. The standard InChI is InChI=1S/C19H15ClN2O4.C7H6O4/c20-13-7-5-11(6-8-13)18(24)22-16(19(25)26)9-12-10-17(23)21-15-4-2-1-3-14(12)15;8-4-1-2-5(7(10)11)6(9)3-4/h1-8,10,16H,9H2,(H,21,23)(H,22,24)(H,25,26);1-3,8-9H,(H,10,11). The summed E-state index contributed by atoms with van der Waals surface area (Å²) in [4.78, 5) is 48.8. The van der Waals surface area contributed by atoms with Crippen LogP contribution in [-0.4, -0.2) is 49.3 Å². The second-order valence-corrected chi connectivity index (χ2v) is 8.22. The molecule has 0 saturated carbocycles. The van der Waals surface area contributed by atoms with Crippen LogP contribution >= 0.6 is 11.6 Å². The number of aromatic nitrogens is 1. The maximum atomic E-state index is 12.3. The van der Waals surface area contributed by atoms with Crippen LogP contribution in [0.3, 0.4) is 0 Å². The summed E-state index contributed by atoms with van der Waals surface area (Å²) in [5.41, 5.74) is 0.919. The Hall–Kier alpha value is -4.83. The topological polar surface area (TPSA) is 177 Å². The number of phenolic OH excluding ortho intramolecular Hbond substituents is 1. The minimum absolute atomic E-state index is 0.0148. The van der Waals surface area contributed by atoms with E-state index >= 15 is 0 Å². The summed E-state index contributed by atoms with van der Waals surface area (Å²) in [6.45, 7) is 0. The number of nitrogens with one attached hydrogen (secondary N) is 2. The quantitative estimate of drug-likeness (QED) is 0.222. The number of aromatic amines is 1. The van der Waals surface area contributed by atoms with Gasteiger partial charge in [-0.05, 0) is 48.0 Å². The van der Waals surface area contributed by atoms with Crippen molar-refractivity contribution in [2.24, 2.45) is 0 Å². The Bertz CT molecular complexity index is 1520. The number of hydrogen-bond acceptors (Lipinski definition) is 6. The molecule has 1 aromatic heterocycles. The molecule has 11 heteroatoms. The number of carboxylic acids is 2. The lowest BCUT2D eigenvalue weighted by molar-refractivity contribution is -0.139. The van der Waals surface area contributed by atoms with Crippen LogP contribution in [0.5, 0.6) is 11.5 Å². The van der Waals surface area contributed by atoms with E-state index in [0.29, 0.717) is 21.7 Å². The minimum atomic E-state index is -1.22. The predicted octanol–water partition coefficient (Wildman–Crippen LogP) is 3.40. The van der Waals surface area contributed by atoms with Gasteiger partial charge >= 0.3 is 11.9 Å². The van der Waals surface area contributed by atoms with Crippen molar-refractivity contribution in [2.45, 2.75) is 12.5 Å². The molecule has 4 rings (SSSR count). The van der Waals surface area contributed by atoms with Gasteiger partial charge in [0.25, 0.3) is 5.91 Å². The Morgan fingerprint density at radius 1 is 0.919 bits per heavy atom. The summed E-state index contributed by atoms with van der Waals surface area (Å²) in [5.74, 6) is -3.52. The Morgan fingerprint density at radius 3 is 2.22 bits per heavy atom. The summed E-state index contributed by atoms with van der Waals surface area (Å²) in [5, 5.41) is 39.3. The Labute approximate surface area is 214 Å². The molecule has 1 atom stereocenters. The van der Waals surface area contributed by atoms with E-state index in [4.69, 9.17) is 26.9 Å². The number of aromatic carboxylic acids is 1. The fourth-order valence-corrected chi connectivity index (χ4v) is 3.54. The number of hydrogen-bond donors (Lipinski definition) is 6. The van der Waals surface area contributed by atoms with E-state index in [1.807, 2.05) is 0 Å². The normalized spacial score (nSPS) is 11.2. The summed E-state index contributed by atoms with van der Waals surface area (Å²) < 4.78 is 0. The molecule has 0 aliphatic heterocycles. The molecule has 37 heavy (non-hydrogen) atoms. The molecule has 3 aromatic carbocycles. The number of aromatic hydroxyl groups is 2. The van der Waals surface area contributed by atoms with Crippen LogP contribution in [0.2, 0.25) is 5.02 Å². The summed E-state index contributed by atoms with van der Waals surface area (Å²) in [7, 11) is 0. The number of phenols is 2. The highest BCUT2D eigenvalue weighted by Crippen LogP contribution is 2.22. The lowest BCUT2D eigenvalue weighted by atomic mass is 10.0. The molecule has 0 aliphatic carbocycles. The third-order valence-corrected chi connectivity index (χ3v) is 5.43. The van der Waals surface area contributed by atoms with Crippen molar-refractivity contribution in [1.82, 2.24) is 10.3 Å². The van der Waals surface area contributed by atoms with Crippen molar-refractivity contribution >= 4 is 40.3 Å². The number of H-pyrrole nitrogens is 1. The molecule has 6 N–H and O–H groups in total. The maximum absolute atomic E-state index is 12.3. The summed E-state index contributed by atoms with van der Waals surface area (Å²) in [6, 6.07) is 16.7. The number of amides is 1. The number of para-hydroxylation sites is 1. The average molecular weight is 525 g/mol. The lowest BCUT2D eigenvalue weighted by Crippen LogP contribution is -2.42. The third-order valence-electron chi connectivity index (χ3n) is 5.18. The van der Waals surface area contributed by atoms with E-state index < -0.39 is 29.6 Å². The fraction of sp³-hybridized carbons (Fsp3) is 0.0769. The van der Waals surface area contributed by atoms with Crippen LogP contribution < -0.4 is 10.9 Å². The van der Waals surface area contributed by atoms with Crippen molar-refractivity contribution in [3.05, 3.63) is 105 Å². The molecule has 10 nitrogen and oxygen atoms in total. The van der Waals surface area contributed by atoms with Crippen LogP contribution in [-0.2, 0) is 11.2 Å². The van der Waals surface area contributed by atoms with Crippen molar-refractivity contribution in [1.29, 1.82) is 0 Å². The van der Waals surface area contributed by atoms with Gasteiger partial charge in [0.15, 0.2) is 0 Å². The van der Waals surface area contributed by atoms with Gasteiger partial charge in [0.1, 0.15) is 23.1 Å². The van der Waals surface area contributed by atoms with Gasteiger partial charge in [-0.1, -0.05) is 29.8 Å². The Balaban J connectivity index is 0.000000289. The molecular weight excluding hydrogens is 504 g/mol. The van der Waals surface area contributed by atoms with E-state index in [1.54, 1.807) is 36.4 Å². The molecule has 1 amide bonds. The smallest absolute Gasteiger partial charge is 0.339 e. The van der Waals surface area contributed by atoms with Gasteiger partial charge in [-0.3, -0.25) is 9.59 Å². The summed E-state index contributed by atoms with van der Waals surface area (Å²) in [6.07, 6.45) is -0.0148. The first-order chi connectivity index (χ1) is 17.5. The van der Waals surface area contributed by atoms with Crippen molar-refractivity contribution < 1.29 is 34.8 Å². The first-order valence-electron chi connectivity index (χ1n) is 10.7. The first-order valence-corrected chi connectivity index (χ1v) is 11.1. The molecular formula is C26H21ClN2O8. The number of rotatable bonds is 6. The van der Waals surface area contributed by atoms with Gasteiger partial charge in [0.05, 0.1) is 0 Å².